The van der Waals surface area contributed by atoms with Gasteiger partial charge >= 0.3 is 0 Å². The smallest absolute Gasteiger partial charge is 0.0991 e. The van der Waals surface area contributed by atoms with Crippen LogP contribution in [0, 0.1) is 11.3 Å². The minimum atomic E-state index is 0.0260. The Hall–Kier alpha value is -0.830. The van der Waals surface area contributed by atoms with Gasteiger partial charge in [0.25, 0.3) is 0 Å². The number of piperazine rings is 1. The highest BCUT2D eigenvalue weighted by atomic mass is 32.2. The van der Waals surface area contributed by atoms with Crippen LogP contribution in [0.4, 0.5) is 5.69 Å². The van der Waals surface area contributed by atoms with Gasteiger partial charge in [0.15, 0.2) is 0 Å². The lowest BCUT2D eigenvalue weighted by Crippen LogP contribution is -2.47. The second-order valence-corrected chi connectivity index (χ2v) is 5.41. The van der Waals surface area contributed by atoms with Crippen molar-refractivity contribution in [1.82, 2.24) is 4.90 Å². The van der Waals surface area contributed by atoms with E-state index in [4.69, 9.17) is 5.26 Å². The fourth-order valence-electron chi connectivity index (χ4n) is 1.96. The number of hydrogen-bond acceptors (Lipinski definition) is 5. The summed E-state index contributed by atoms with van der Waals surface area (Å²) in [6.07, 6.45) is 0. The van der Waals surface area contributed by atoms with Crippen molar-refractivity contribution < 1.29 is 0 Å². The Kier molecular flexibility index (Phi) is 4.21. The Balaban J connectivity index is 1.98. The molecule has 1 aromatic carbocycles. The number of hydrogen-bond donors (Lipinski definition) is 2. The molecule has 0 amide bonds. The highest BCUT2D eigenvalue weighted by Crippen LogP contribution is 2.19. The Morgan fingerprint density at radius 1 is 1.06 bits per heavy atom. The zero-order valence-corrected chi connectivity index (χ0v) is 11.2. The van der Waals surface area contributed by atoms with E-state index in [1.807, 2.05) is 24.3 Å². The van der Waals surface area contributed by atoms with Crippen molar-refractivity contribution in [2.75, 3.05) is 31.1 Å². The zero-order valence-electron chi connectivity index (χ0n) is 9.45. The lowest BCUT2D eigenvalue weighted by atomic mass is 10.2. The number of thiol groups is 2. The lowest BCUT2D eigenvalue weighted by molar-refractivity contribution is 0.287. The van der Waals surface area contributed by atoms with Gasteiger partial charge in [-0.25, -0.2) is 0 Å². The predicted octanol–water partition coefficient (Wildman–Crippen LogP) is 1.82. The lowest BCUT2D eigenvalue weighted by Gasteiger charge is -2.37. The standard InChI is InChI=1S/C12H15N3S2/c13-9-10-1-3-11(4-2-10)14-5-7-15(8-6-14)12(16)17/h1-4,12,16-17H,5-8H2. The first-order chi connectivity index (χ1) is 8.20. The summed E-state index contributed by atoms with van der Waals surface area (Å²) in [5.74, 6) is 0. The Morgan fingerprint density at radius 3 is 2.12 bits per heavy atom. The van der Waals surface area contributed by atoms with Gasteiger partial charge in [0, 0.05) is 31.9 Å². The number of nitrogens with zero attached hydrogens (tertiary/aromatic N) is 3. The minimum absolute atomic E-state index is 0.0260. The molecule has 2 rings (SSSR count). The molecule has 0 bridgehead atoms. The van der Waals surface area contributed by atoms with Crippen LogP contribution in [-0.2, 0) is 0 Å². The summed E-state index contributed by atoms with van der Waals surface area (Å²) in [6, 6.07) is 9.87. The van der Waals surface area contributed by atoms with Crippen LogP contribution in [0.25, 0.3) is 0 Å². The first-order valence-corrected chi connectivity index (χ1v) is 6.59. The third-order valence-corrected chi connectivity index (χ3v) is 3.66. The molecule has 1 fully saturated rings. The van der Waals surface area contributed by atoms with E-state index in [0.29, 0.717) is 5.56 Å². The minimum Gasteiger partial charge on any atom is -0.369 e. The molecule has 0 atom stereocenters. The molecule has 90 valence electrons. The van der Waals surface area contributed by atoms with Crippen LogP contribution in [0.1, 0.15) is 5.56 Å². The molecule has 0 aliphatic carbocycles. The summed E-state index contributed by atoms with van der Waals surface area (Å²) in [6.45, 7) is 3.89. The van der Waals surface area contributed by atoms with Gasteiger partial charge in [-0.1, -0.05) is 0 Å². The van der Waals surface area contributed by atoms with E-state index in [1.165, 1.54) is 5.69 Å². The molecular formula is C12H15N3S2. The molecule has 0 aromatic heterocycles. The predicted molar refractivity (Wildman–Crippen MR) is 76.7 cm³/mol. The molecule has 1 heterocycles. The maximum absolute atomic E-state index is 8.75. The van der Waals surface area contributed by atoms with E-state index in [1.54, 1.807) is 0 Å². The quantitative estimate of drug-likeness (QED) is 0.631. The van der Waals surface area contributed by atoms with Gasteiger partial charge < -0.3 is 4.90 Å². The van der Waals surface area contributed by atoms with Crippen LogP contribution in [0.3, 0.4) is 0 Å². The van der Waals surface area contributed by atoms with E-state index in [0.717, 1.165) is 26.2 Å². The summed E-state index contributed by atoms with van der Waals surface area (Å²) in [7, 11) is 0. The monoisotopic (exact) mass is 265 g/mol. The average molecular weight is 265 g/mol. The van der Waals surface area contributed by atoms with Crippen molar-refractivity contribution in [2.24, 2.45) is 0 Å². The topological polar surface area (TPSA) is 30.3 Å². The number of anilines is 1. The number of nitriles is 1. The van der Waals surface area contributed by atoms with Crippen molar-refractivity contribution in [2.45, 2.75) is 4.71 Å². The van der Waals surface area contributed by atoms with Crippen LogP contribution in [0.5, 0.6) is 0 Å². The van der Waals surface area contributed by atoms with Crippen LogP contribution < -0.4 is 4.90 Å². The van der Waals surface area contributed by atoms with Gasteiger partial charge in [-0.2, -0.15) is 5.26 Å². The summed E-state index contributed by atoms with van der Waals surface area (Å²) >= 11 is 8.64. The molecule has 0 N–H and O–H groups in total. The molecule has 0 radical (unpaired) electrons. The molecule has 1 saturated heterocycles. The van der Waals surface area contributed by atoms with Crippen molar-refractivity contribution in [3.05, 3.63) is 29.8 Å². The van der Waals surface area contributed by atoms with E-state index in [9.17, 15) is 0 Å². The van der Waals surface area contributed by atoms with Crippen molar-refractivity contribution in [1.29, 1.82) is 5.26 Å². The van der Waals surface area contributed by atoms with Crippen molar-refractivity contribution in [3.63, 3.8) is 0 Å². The maximum atomic E-state index is 8.75. The molecule has 17 heavy (non-hydrogen) atoms. The van der Waals surface area contributed by atoms with Gasteiger partial charge in [-0.3, -0.25) is 4.90 Å². The first-order valence-electron chi connectivity index (χ1n) is 5.56. The van der Waals surface area contributed by atoms with Gasteiger partial charge in [-0.15, -0.1) is 25.3 Å². The Bertz CT molecular complexity index is 403. The summed E-state index contributed by atoms with van der Waals surface area (Å²) in [4.78, 5) is 4.55. The Morgan fingerprint density at radius 2 is 1.65 bits per heavy atom. The molecule has 3 nitrogen and oxygen atoms in total. The van der Waals surface area contributed by atoms with E-state index in [2.05, 4.69) is 41.1 Å². The molecule has 5 heteroatoms. The van der Waals surface area contributed by atoms with Crippen molar-refractivity contribution >= 4 is 30.9 Å². The molecule has 0 spiro atoms. The van der Waals surface area contributed by atoms with Gasteiger partial charge in [0.1, 0.15) is 0 Å². The summed E-state index contributed by atoms with van der Waals surface area (Å²) in [5.41, 5.74) is 1.89. The van der Waals surface area contributed by atoms with E-state index in [-0.39, 0.29) is 4.71 Å². The first kappa shape index (κ1) is 12.6. The van der Waals surface area contributed by atoms with Crippen molar-refractivity contribution in [3.8, 4) is 6.07 Å². The van der Waals surface area contributed by atoms with Gasteiger partial charge in [-0.05, 0) is 24.3 Å². The maximum Gasteiger partial charge on any atom is 0.0991 e. The van der Waals surface area contributed by atoms with Crippen LogP contribution >= 0.6 is 25.3 Å². The molecule has 1 aromatic rings. The molecule has 0 unspecified atom stereocenters. The molecule has 1 aliphatic heterocycles. The highest BCUT2D eigenvalue weighted by Gasteiger charge is 2.19. The third-order valence-electron chi connectivity index (χ3n) is 3.00. The summed E-state index contributed by atoms with van der Waals surface area (Å²) < 4.78 is 0.0260. The average Bonchev–Trinajstić information content (AvgIpc) is 2.39. The molecular weight excluding hydrogens is 250 g/mol. The van der Waals surface area contributed by atoms with Gasteiger partial charge in [0.05, 0.1) is 16.3 Å². The van der Waals surface area contributed by atoms with E-state index < -0.39 is 0 Å². The Labute approximate surface area is 113 Å². The second-order valence-electron chi connectivity index (χ2n) is 4.03. The van der Waals surface area contributed by atoms with Crippen LogP contribution in [0.15, 0.2) is 24.3 Å². The van der Waals surface area contributed by atoms with Crippen LogP contribution in [0.2, 0.25) is 0 Å². The van der Waals surface area contributed by atoms with Crippen LogP contribution in [-0.4, -0.2) is 35.8 Å². The zero-order chi connectivity index (χ0) is 12.3. The fourth-order valence-corrected chi connectivity index (χ4v) is 2.42. The fraction of sp³-hybridized carbons (Fsp3) is 0.417. The van der Waals surface area contributed by atoms with Gasteiger partial charge in [0.2, 0.25) is 0 Å². The van der Waals surface area contributed by atoms with E-state index >= 15 is 0 Å². The summed E-state index contributed by atoms with van der Waals surface area (Å²) in [5, 5.41) is 8.75. The molecule has 0 saturated carbocycles. The molecule has 1 aliphatic rings. The SMILES string of the molecule is N#Cc1ccc(N2CCN(C(S)S)CC2)cc1. The number of benzene rings is 1. The highest BCUT2D eigenvalue weighted by molar-refractivity contribution is 7.99. The second kappa shape index (κ2) is 5.67. The third kappa shape index (κ3) is 3.09. The largest absolute Gasteiger partial charge is 0.369 e. The number of rotatable bonds is 2. The normalized spacial score (nSPS) is 17.2.